The standard InChI is InChI=1S/C13H20N4/c1-7(2)11-9(5)10(6)17-13(14-11)15-12(16-17)8(3)4/h7-8H,1-6H3. The van der Waals surface area contributed by atoms with E-state index >= 15 is 0 Å². The molecule has 0 fully saturated rings. The summed E-state index contributed by atoms with van der Waals surface area (Å²) in [6.07, 6.45) is 0. The Labute approximate surface area is 102 Å². The van der Waals surface area contributed by atoms with Gasteiger partial charge in [-0.2, -0.15) is 4.98 Å². The molecule has 0 bridgehead atoms. The normalized spacial score (nSPS) is 12.0. The number of aromatic nitrogens is 4. The Hall–Kier alpha value is -1.45. The summed E-state index contributed by atoms with van der Waals surface area (Å²) in [5.41, 5.74) is 3.48. The third-order valence-electron chi connectivity index (χ3n) is 3.13. The van der Waals surface area contributed by atoms with Crippen LogP contribution in [0.3, 0.4) is 0 Å². The molecule has 0 radical (unpaired) electrons. The Morgan fingerprint density at radius 2 is 1.59 bits per heavy atom. The van der Waals surface area contributed by atoms with Crippen molar-refractivity contribution >= 4 is 5.78 Å². The first-order chi connectivity index (χ1) is 7.91. The molecule has 0 aromatic carbocycles. The predicted molar refractivity (Wildman–Crippen MR) is 68.4 cm³/mol. The van der Waals surface area contributed by atoms with E-state index in [-0.39, 0.29) is 0 Å². The molecule has 2 aromatic rings. The van der Waals surface area contributed by atoms with Gasteiger partial charge in [0, 0.05) is 11.6 Å². The van der Waals surface area contributed by atoms with Gasteiger partial charge in [0.25, 0.3) is 5.78 Å². The molecule has 0 aliphatic rings. The molecule has 0 aliphatic heterocycles. The highest BCUT2D eigenvalue weighted by Crippen LogP contribution is 2.21. The summed E-state index contributed by atoms with van der Waals surface area (Å²) in [6.45, 7) is 12.7. The van der Waals surface area contributed by atoms with Gasteiger partial charge in [-0.05, 0) is 25.3 Å². The molecule has 0 atom stereocenters. The van der Waals surface area contributed by atoms with Crippen LogP contribution in [0.2, 0.25) is 0 Å². The number of aryl methyl sites for hydroxylation is 1. The van der Waals surface area contributed by atoms with Crippen LogP contribution in [0.4, 0.5) is 0 Å². The molecular weight excluding hydrogens is 212 g/mol. The van der Waals surface area contributed by atoms with E-state index in [0.29, 0.717) is 11.8 Å². The average molecular weight is 232 g/mol. The Morgan fingerprint density at radius 3 is 2.12 bits per heavy atom. The third-order valence-corrected chi connectivity index (χ3v) is 3.13. The van der Waals surface area contributed by atoms with Crippen LogP contribution in [0.5, 0.6) is 0 Å². The number of nitrogens with zero attached hydrogens (tertiary/aromatic N) is 4. The zero-order chi connectivity index (χ0) is 12.7. The summed E-state index contributed by atoms with van der Waals surface area (Å²) >= 11 is 0. The zero-order valence-corrected chi connectivity index (χ0v) is 11.4. The lowest BCUT2D eigenvalue weighted by atomic mass is 10.0. The fourth-order valence-electron chi connectivity index (χ4n) is 1.96. The van der Waals surface area contributed by atoms with Crippen molar-refractivity contribution in [1.82, 2.24) is 19.6 Å². The van der Waals surface area contributed by atoms with Gasteiger partial charge in [0.2, 0.25) is 0 Å². The molecule has 4 nitrogen and oxygen atoms in total. The molecule has 0 saturated heterocycles. The van der Waals surface area contributed by atoms with Crippen molar-refractivity contribution in [1.29, 1.82) is 0 Å². The molecule has 4 heteroatoms. The Bertz CT molecular complexity index is 552. The average Bonchev–Trinajstić information content (AvgIpc) is 2.67. The smallest absolute Gasteiger partial charge is 0.216 e. The molecule has 2 aromatic heterocycles. The first kappa shape index (κ1) is 12.0. The molecule has 0 aliphatic carbocycles. The lowest BCUT2D eigenvalue weighted by molar-refractivity contribution is 0.747. The maximum atomic E-state index is 4.63. The Kier molecular flexibility index (Phi) is 2.89. The molecule has 17 heavy (non-hydrogen) atoms. The fourth-order valence-corrected chi connectivity index (χ4v) is 1.96. The van der Waals surface area contributed by atoms with Crippen molar-refractivity contribution in [3.8, 4) is 0 Å². The Morgan fingerprint density at radius 1 is 0.941 bits per heavy atom. The minimum atomic E-state index is 0.332. The van der Waals surface area contributed by atoms with Crippen molar-refractivity contribution in [3.05, 3.63) is 22.8 Å². The van der Waals surface area contributed by atoms with Gasteiger partial charge in [0.1, 0.15) is 0 Å². The monoisotopic (exact) mass is 232 g/mol. The summed E-state index contributed by atoms with van der Waals surface area (Å²) in [6, 6.07) is 0. The third kappa shape index (κ3) is 1.92. The quantitative estimate of drug-likeness (QED) is 0.799. The second-order valence-corrected chi connectivity index (χ2v) is 5.20. The van der Waals surface area contributed by atoms with Gasteiger partial charge in [-0.25, -0.2) is 9.50 Å². The summed E-state index contributed by atoms with van der Waals surface area (Å²) < 4.78 is 1.86. The van der Waals surface area contributed by atoms with E-state index in [1.165, 1.54) is 5.56 Å². The maximum Gasteiger partial charge on any atom is 0.252 e. The van der Waals surface area contributed by atoms with E-state index in [2.05, 4.69) is 56.6 Å². The van der Waals surface area contributed by atoms with Crippen LogP contribution >= 0.6 is 0 Å². The molecule has 0 amide bonds. The van der Waals surface area contributed by atoms with E-state index in [9.17, 15) is 0 Å². The van der Waals surface area contributed by atoms with Crippen LogP contribution in [0, 0.1) is 13.8 Å². The zero-order valence-electron chi connectivity index (χ0n) is 11.4. The molecule has 2 heterocycles. The minimum absolute atomic E-state index is 0.332. The maximum absolute atomic E-state index is 4.63. The number of rotatable bonds is 2. The number of hydrogen-bond acceptors (Lipinski definition) is 3. The van der Waals surface area contributed by atoms with Gasteiger partial charge < -0.3 is 0 Å². The molecule has 0 saturated carbocycles. The fraction of sp³-hybridized carbons (Fsp3) is 0.615. The van der Waals surface area contributed by atoms with Crippen molar-refractivity contribution in [3.63, 3.8) is 0 Å². The highest BCUT2D eigenvalue weighted by molar-refractivity contribution is 5.38. The molecule has 0 spiro atoms. The van der Waals surface area contributed by atoms with E-state index in [1.54, 1.807) is 0 Å². The molecule has 2 rings (SSSR count). The second kappa shape index (κ2) is 4.09. The van der Waals surface area contributed by atoms with Gasteiger partial charge in [-0.1, -0.05) is 27.7 Å². The molecule has 0 N–H and O–H groups in total. The van der Waals surface area contributed by atoms with Crippen molar-refractivity contribution in [2.75, 3.05) is 0 Å². The summed E-state index contributed by atoms with van der Waals surface area (Å²) in [7, 11) is 0. The number of hydrogen-bond donors (Lipinski definition) is 0. The summed E-state index contributed by atoms with van der Waals surface area (Å²) in [5.74, 6) is 2.33. The van der Waals surface area contributed by atoms with Gasteiger partial charge >= 0.3 is 0 Å². The highest BCUT2D eigenvalue weighted by atomic mass is 15.3. The Balaban J connectivity index is 2.73. The minimum Gasteiger partial charge on any atom is -0.216 e. The topological polar surface area (TPSA) is 43.1 Å². The van der Waals surface area contributed by atoms with Crippen LogP contribution < -0.4 is 0 Å². The lowest BCUT2D eigenvalue weighted by Gasteiger charge is -2.11. The van der Waals surface area contributed by atoms with Crippen LogP contribution in [-0.4, -0.2) is 19.6 Å². The molecule has 92 valence electrons. The molecular formula is C13H20N4. The highest BCUT2D eigenvalue weighted by Gasteiger charge is 2.15. The number of fused-ring (bicyclic) bond motifs is 1. The van der Waals surface area contributed by atoms with Crippen LogP contribution in [0.15, 0.2) is 0 Å². The summed E-state index contributed by atoms with van der Waals surface area (Å²) in [4.78, 5) is 9.13. The SMILES string of the molecule is Cc1c(C(C)C)nc2nc(C(C)C)nn2c1C. The van der Waals surface area contributed by atoms with Gasteiger partial charge in [0.05, 0.1) is 5.69 Å². The van der Waals surface area contributed by atoms with Gasteiger partial charge in [-0.3, -0.25) is 0 Å². The van der Waals surface area contributed by atoms with E-state index < -0.39 is 0 Å². The second-order valence-electron chi connectivity index (χ2n) is 5.20. The largest absolute Gasteiger partial charge is 0.252 e. The van der Waals surface area contributed by atoms with Crippen molar-refractivity contribution < 1.29 is 0 Å². The summed E-state index contributed by atoms with van der Waals surface area (Å²) in [5, 5.41) is 4.52. The molecule has 0 unspecified atom stereocenters. The predicted octanol–water partition coefficient (Wildman–Crippen LogP) is 2.99. The van der Waals surface area contributed by atoms with Crippen molar-refractivity contribution in [2.24, 2.45) is 0 Å². The van der Waals surface area contributed by atoms with Crippen LogP contribution in [0.25, 0.3) is 5.78 Å². The van der Waals surface area contributed by atoms with Gasteiger partial charge in [0.15, 0.2) is 5.82 Å². The van der Waals surface area contributed by atoms with E-state index in [1.807, 2.05) is 4.52 Å². The van der Waals surface area contributed by atoms with Crippen LogP contribution in [0.1, 0.15) is 62.3 Å². The van der Waals surface area contributed by atoms with Gasteiger partial charge in [-0.15, -0.1) is 5.10 Å². The first-order valence-corrected chi connectivity index (χ1v) is 6.15. The first-order valence-electron chi connectivity index (χ1n) is 6.15. The van der Waals surface area contributed by atoms with Crippen LogP contribution in [-0.2, 0) is 0 Å². The van der Waals surface area contributed by atoms with E-state index in [4.69, 9.17) is 0 Å². The lowest BCUT2D eigenvalue weighted by Crippen LogP contribution is -2.06. The van der Waals surface area contributed by atoms with Crippen molar-refractivity contribution in [2.45, 2.75) is 53.4 Å². The van der Waals surface area contributed by atoms with E-state index in [0.717, 1.165) is 23.0 Å².